The van der Waals surface area contributed by atoms with Crippen molar-refractivity contribution in [1.82, 2.24) is 10.6 Å². The third kappa shape index (κ3) is 4.13. The van der Waals surface area contributed by atoms with Crippen LogP contribution in [0.25, 0.3) is 0 Å². The van der Waals surface area contributed by atoms with Crippen molar-refractivity contribution in [2.75, 3.05) is 13.6 Å². The normalized spacial score (nSPS) is 15.8. The second kappa shape index (κ2) is 7.17. The van der Waals surface area contributed by atoms with Crippen LogP contribution < -0.4 is 10.6 Å². The smallest absolute Gasteiger partial charge is 0.191 e. The minimum atomic E-state index is -0.482. The van der Waals surface area contributed by atoms with Gasteiger partial charge in [0.1, 0.15) is 17.5 Å². The zero-order valence-corrected chi connectivity index (χ0v) is 14.0. The molecule has 0 aromatic heterocycles. The number of benzene rings is 2. The lowest BCUT2D eigenvalue weighted by molar-refractivity contribution is 0.579. The molecule has 2 aromatic rings. The maximum absolute atomic E-state index is 13.7. The predicted molar refractivity (Wildman–Crippen MR) is 91.9 cm³/mol. The number of nitrogens with zero attached hydrogens (tertiary/aromatic N) is 1. The summed E-state index contributed by atoms with van der Waals surface area (Å²) in [5, 5.41) is 6.17. The van der Waals surface area contributed by atoms with E-state index >= 15 is 0 Å². The van der Waals surface area contributed by atoms with E-state index in [1.165, 1.54) is 6.07 Å². The van der Waals surface area contributed by atoms with Gasteiger partial charge in [-0.3, -0.25) is 4.99 Å². The summed E-state index contributed by atoms with van der Waals surface area (Å²) in [6, 6.07) is 9.98. The number of hydrogen-bond donors (Lipinski definition) is 2. The van der Waals surface area contributed by atoms with E-state index in [4.69, 9.17) is 0 Å². The summed E-state index contributed by atoms with van der Waals surface area (Å²) < 4.78 is 40.3. The van der Waals surface area contributed by atoms with E-state index < -0.39 is 11.6 Å². The Hall–Kier alpha value is -2.50. The standard InChI is InChI=1S/C19H20F3N3/c1-23-18(24-11-13-9-16(21)5-6-17(13)22)25-12-19(7-8-19)14-3-2-4-15(20)10-14/h2-6,9-10H,7-8,11-12H2,1H3,(H2,23,24,25). The van der Waals surface area contributed by atoms with Crippen LogP contribution >= 0.6 is 0 Å². The zero-order chi connectivity index (χ0) is 17.9. The Bertz CT molecular complexity index is 785. The van der Waals surface area contributed by atoms with E-state index in [-0.39, 0.29) is 23.3 Å². The van der Waals surface area contributed by atoms with Crippen molar-refractivity contribution in [3.05, 3.63) is 71.0 Å². The maximum atomic E-state index is 13.7. The molecule has 3 rings (SSSR count). The highest BCUT2D eigenvalue weighted by Crippen LogP contribution is 2.47. The molecule has 0 spiro atoms. The van der Waals surface area contributed by atoms with E-state index in [2.05, 4.69) is 15.6 Å². The fourth-order valence-electron chi connectivity index (χ4n) is 2.87. The Morgan fingerprint density at radius 3 is 2.48 bits per heavy atom. The lowest BCUT2D eigenvalue weighted by Crippen LogP contribution is -2.41. The highest BCUT2D eigenvalue weighted by atomic mass is 19.1. The monoisotopic (exact) mass is 347 g/mol. The van der Waals surface area contributed by atoms with E-state index in [0.717, 1.165) is 36.6 Å². The summed E-state index contributed by atoms with van der Waals surface area (Å²) in [5.74, 6) is -0.703. The Kier molecular flexibility index (Phi) is 4.97. The molecule has 132 valence electrons. The van der Waals surface area contributed by atoms with Crippen molar-refractivity contribution >= 4 is 5.96 Å². The number of aliphatic imine (C=N–C) groups is 1. The van der Waals surface area contributed by atoms with Crippen LogP contribution in [-0.2, 0) is 12.0 Å². The van der Waals surface area contributed by atoms with E-state index in [0.29, 0.717) is 12.5 Å². The Morgan fingerprint density at radius 1 is 1.04 bits per heavy atom. The Balaban J connectivity index is 1.59. The second-order valence-electron chi connectivity index (χ2n) is 6.31. The van der Waals surface area contributed by atoms with Crippen LogP contribution in [-0.4, -0.2) is 19.6 Å². The highest BCUT2D eigenvalue weighted by Gasteiger charge is 2.44. The van der Waals surface area contributed by atoms with Gasteiger partial charge < -0.3 is 10.6 Å². The molecule has 6 heteroatoms. The van der Waals surface area contributed by atoms with Gasteiger partial charge in [-0.2, -0.15) is 0 Å². The van der Waals surface area contributed by atoms with Gasteiger partial charge in [-0.25, -0.2) is 13.2 Å². The van der Waals surface area contributed by atoms with E-state index in [1.807, 2.05) is 6.07 Å². The van der Waals surface area contributed by atoms with Crippen LogP contribution in [0.4, 0.5) is 13.2 Å². The average Bonchev–Trinajstić information content (AvgIpc) is 3.39. The summed E-state index contributed by atoms with van der Waals surface area (Å²) >= 11 is 0. The molecule has 0 unspecified atom stereocenters. The lowest BCUT2D eigenvalue weighted by Gasteiger charge is -2.19. The Morgan fingerprint density at radius 2 is 1.80 bits per heavy atom. The summed E-state index contributed by atoms with van der Waals surface area (Å²) in [5.41, 5.74) is 1.10. The average molecular weight is 347 g/mol. The van der Waals surface area contributed by atoms with Crippen molar-refractivity contribution < 1.29 is 13.2 Å². The molecule has 0 saturated heterocycles. The van der Waals surface area contributed by atoms with Crippen LogP contribution in [0.5, 0.6) is 0 Å². The van der Waals surface area contributed by atoms with Gasteiger partial charge in [0, 0.05) is 31.1 Å². The molecule has 3 nitrogen and oxygen atoms in total. The molecule has 1 aliphatic rings. The first-order valence-corrected chi connectivity index (χ1v) is 8.17. The van der Waals surface area contributed by atoms with Crippen molar-refractivity contribution in [2.24, 2.45) is 4.99 Å². The minimum Gasteiger partial charge on any atom is -0.356 e. The molecular weight excluding hydrogens is 327 g/mol. The summed E-state index contributed by atoms with van der Waals surface area (Å²) in [7, 11) is 1.61. The molecule has 1 aliphatic carbocycles. The van der Waals surface area contributed by atoms with Crippen LogP contribution in [0.1, 0.15) is 24.0 Å². The molecule has 2 N–H and O–H groups in total. The third-order valence-electron chi connectivity index (χ3n) is 4.56. The fraction of sp³-hybridized carbons (Fsp3) is 0.316. The second-order valence-corrected chi connectivity index (χ2v) is 6.31. The Labute approximate surface area is 145 Å². The molecule has 0 bridgehead atoms. The van der Waals surface area contributed by atoms with Gasteiger partial charge in [0.15, 0.2) is 5.96 Å². The number of guanidine groups is 1. The molecule has 0 atom stereocenters. The van der Waals surface area contributed by atoms with Gasteiger partial charge in [-0.05, 0) is 48.7 Å². The van der Waals surface area contributed by atoms with Crippen LogP contribution in [0, 0.1) is 17.5 Å². The van der Waals surface area contributed by atoms with Crippen molar-refractivity contribution in [1.29, 1.82) is 0 Å². The first kappa shape index (κ1) is 17.3. The largest absolute Gasteiger partial charge is 0.356 e. The summed E-state index contributed by atoms with van der Waals surface area (Å²) in [6.45, 7) is 0.720. The van der Waals surface area contributed by atoms with Gasteiger partial charge in [0.2, 0.25) is 0 Å². The van der Waals surface area contributed by atoms with Gasteiger partial charge in [-0.1, -0.05) is 12.1 Å². The first-order valence-electron chi connectivity index (χ1n) is 8.17. The number of rotatable bonds is 5. The molecule has 0 heterocycles. The van der Waals surface area contributed by atoms with Gasteiger partial charge in [-0.15, -0.1) is 0 Å². The predicted octanol–water partition coefficient (Wildman–Crippen LogP) is 3.50. The molecule has 2 aromatic carbocycles. The summed E-state index contributed by atoms with van der Waals surface area (Å²) in [6.07, 6.45) is 1.94. The van der Waals surface area contributed by atoms with Gasteiger partial charge >= 0.3 is 0 Å². The number of nitrogens with one attached hydrogen (secondary N) is 2. The van der Waals surface area contributed by atoms with Crippen molar-refractivity contribution in [3.8, 4) is 0 Å². The zero-order valence-electron chi connectivity index (χ0n) is 14.0. The van der Waals surface area contributed by atoms with Crippen LogP contribution in [0.3, 0.4) is 0 Å². The molecule has 0 amide bonds. The molecular formula is C19H20F3N3. The van der Waals surface area contributed by atoms with E-state index in [1.54, 1.807) is 19.2 Å². The third-order valence-corrected chi connectivity index (χ3v) is 4.56. The lowest BCUT2D eigenvalue weighted by atomic mass is 9.96. The molecule has 0 aliphatic heterocycles. The summed E-state index contributed by atoms with van der Waals surface area (Å²) in [4.78, 5) is 4.10. The van der Waals surface area contributed by atoms with E-state index in [9.17, 15) is 13.2 Å². The van der Waals surface area contributed by atoms with Gasteiger partial charge in [0.25, 0.3) is 0 Å². The van der Waals surface area contributed by atoms with Crippen LogP contribution in [0.2, 0.25) is 0 Å². The highest BCUT2D eigenvalue weighted by molar-refractivity contribution is 5.79. The maximum Gasteiger partial charge on any atom is 0.191 e. The quantitative estimate of drug-likeness (QED) is 0.642. The van der Waals surface area contributed by atoms with Gasteiger partial charge in [0.05, 0.1) is 0 Å². The number of halogens is 3. The van der Waals surface area contributed by atoms with Crippen molar-refractivity contribution in [3.63, 3.8) is 0 Å². The first-order chi connectivity index (χ1) is 12.0. The van der Waals surface area contributed by atoms with Crippen molar-refractivity contribution in [2.45, 2.75) is 24.8 Å². The molecule has 0 radical (unpaired) electrons. The van der Waals surface area contributed by atoms with Crippen LogP contribution in [0.15, 0.2) is 47.5 Å². The topological polar surface area (TPSA) is 36.4 Å². The molecule has 25 heavy (non-hydrogen) atoms. The molecule has 1 fully saturated rings. The molecule has 1 saturated carbocycles. The number of hydrogen-bond acceptors (Lipinski definition) is 1. The SMILES string of the molecule is CN=C(NCc1cc(F)ccc1F)NCC1(c2cccc(F)c2)CC1. The fourth-order valence-corrected chi connectivity index (χ4v) is 2.87. The minimum absolute atomic E-state index is 0.0934.